The first kappa shape index (κ1) is 16.4. The van der Waals surface area contributed by atoms with Gasteiger partial charge in [0.1, 0.15) is 5.69 Å². The van der Waals surface area contributed by atoms with Crippen molar-refractivity contribution in [3.8, 4) is 11.3 Å². The Kier molecular flexibility index (Phi) is 4.61. The fourth-order valence-corrected chi connectivity index (χ4v) is 2.50. The average Bonchev–Trinajstić information content (AvgIpc) is 2.97. The standard InChI is InChI=1S/C19H18N4O2/c1-13(24)20-15-9-6-10-16(11-15)21-19(25)18-12-17(22-23(18)2)14-7-4-3-5-8-14/h3-12H,1-2H3,(H,20,24)(H,21,25). The number of hydrogen-bond acceptors (Lipinski definition) is 3. The molecule has 2 amide bonds. The summed E-state index contributed by atoms with van der Waals surface area (Å²) in [6, 6.07) is 18.4. The lowest BCUT2D eigenvalue weighted by Crippen LogP contribution is -2.16. The second-order valence-corrected chi connectivity index (χ2v) is 5.62. The summed E-state index contributed by atoms with van der Waals surface area (Å²) < 4.78 is 1.55. The van der Waals surface area contributed by atoms with Gasteiger partial charge in [0.05, 0.1) is 5.69 Å². The van der Waals surface area contributed by atoms with Crippen LogP contribution in [0.3, 0.4) is 0 Å². The molecule has 25 heavy (non-hydrogen) atoms. The summed E-state index contributed by atoms with van der Waals surface area (Å²) in [7, 11) is 1.73. The lowest BCUT2D eigenvalue weighted by molar-refractivity contribution is -0.114. The number of benzene rings is 2. The van der Waals surface area contributed by atoms with Gasteiger partial charge in [0, 0.05) is 30.9 Å². The number of aryl methyl sites for hydroxylation is 1. The molecule has 0 spiro atoms. The molecule has 6 nitrogen and oxygen atoms in total. The molecule has 0 aliphatic heterocycles. The fourth-order valence-electron chi connectivity index (χ4n) is 2.50. The van der Waals surface area contributed by atoms with E-state index in [0.717, 1.165) is 11.3 Å². The van der Waals surface area contributed by atoms with Gasteiger partial charge in [0.25, 0.3) is 5.91 Å². The molecule has 0 unspecified atom stereocenters. The molecule has 0 aliphatic rings. The number of anilines is 2. The summed E-state index contributed by atoms with van der Waals surface area (Å²) in [5, 5.41) is 9.91. The van der Waals surface area contributed by atoms with Gasteiger partial charge < -0.3 is 10.6 Å². The van der Waals surface area contributed by atoms with E-state index in [4.69, 9.17) is 0 Å². The van der Waals surface area contributed by atoms with Crippen molar-refractivity contribution in [2.45, 2.75) is 6.92 Å². The summed E-state index contributed by atoms with van der Waals surface area (Å²) in [6.07, 6.45) is 0. The zero-order valence-electron chi connectivity index (χ0n) is 14.0. The van der Waals surface area contributed by atoms with E-state index in [9.17, 15) is 9.59 Å². The fraction of sp³-hybridized carbons (Fsp3) is 0.105. The normalized spacial score (nSPS) is 10.3. The molecule has 0 aliphatic carbocycles. The molecule has 0 bridgehead atoms. The molecular formula is C19H18N4O2. The van der Waals surface area contributed by atoms with Gasteiger partial charge in [-0.3, -0.25) is 14.3 Å². The third-order valence-corrected chi connectivity index (χ3v) is 3.62. The van der Waals surface area contributed by atoms with Crippen LogP contribution in [-0.4, -0.2) is 21.6 Å². The van der Waals surface area contributed by atoms with Crippen LogP contribution in [0.15, 0.2) is 60.7 Å². The molecular weight excluding hydrogens is 316 g/mol. The minimum Gasteiger partial charge on any atom is -0.326 e. The zero-order chi connectivity index (χ0) is 17.8. The highest BCUT2D eigenvalue weighted by molar-refractivity contribution is 6.04. The van der Waals surface area contributed by atoms with E-state index in [0.29, 0.717) is 17.1 Å². The molecule has 2 aromatic carbocycles. The highest BCUT2D eigenvalue weighted by atomic mass is 16.2. The number of carbonyl (C=O) groups excluding carboxylic acids is 2. The van der Waals surface area contributed by atoms with Gasteiger partial charge in [0.15, 0.2) is 0 Å². The van der Waals surface area contributed by atoms with Crippen molar-refractivity contribution < 1.29 is 9.59 Å². The van der Waals surface area contributed by atoms with E-state index < -0.39 is 0 Å². The van der Waals surface area contributed by atoms with E-state index in [1.165, 1.54) is 6.92 Å². The SMILES string of the molecule is CC(=O)Nc1cccc(NC(=O)c2cc(-c3ccccc3)nn2C)c1. The Hall–Kier alpha value is -3.41. The van der Waals surface area contributed by atoms with Gasteiger partial charge in [-0.2, -0.15) is 5.10 Å². The molecule has 1 heterocycles. The smallest absolute Gasteiger partial charge is 0.273 e. The summed E-state index contributed by atoms with van der Waals surface area (Å²) in [5.74, 6) is -0.431. The maximum absolute atomic E-state index is 12.6. The Balaban J connectivity index is 1.80. The average molecular weight is 334 g/mol. The molecule has 0 fully saturated rings. The maximum Gasteiger partial charge on any atom is 0.273 e. The second kappa shape index (κ2) is 7.00. The van der Waals surface area contributed by atoms with E-state index >= 15 is 0 Å². The first-order valence-electron chi connectivity index (χ1n) is 7.81. The van der Waals surface area contributed by atoms with Crippen LogP contribution < -0.4 is 10.6 Å². The van der Waals surface area contributed by atoms with Crippen molar-refractivity contribution in [1.29, 1.82) is 0 Å². The summed E-state index contributed by atoms with van der Waals surface area (Å²) >= 11 is 0. The number of nitrogens with zero attached hydrogens (tertiary/aromatic N) is 2. The molecule has 0 saturated heterocycles. The van der Waals surface area contributed by atoms with Gasteiger partial charge in [-0.25, -0.2) is 0 Å². The molecule has 1 aromatic heterocycles. The Morgan fingerprint density at radius 2 is 1.60 bits per heavy atom. The van der Waals surface area contributed by atoms with Crippen molar-refractivity contribution in [2.24, 2.45) is 7.05 Å². The van der Waals surface area contributed by atoms with E-state index in [-0.39, 0.29) is 11.8 Å². The molecule has 3 aromatic rings. The summed E-state index contributed by atoms with van der Waals surface area (Å²) in [5.41, 5.74) is 3.35. The molecule has 0 atom stereocenters. The van der Waals surface area contributed by atoms with E-state index in [2.05, 4.69) is 15.7 Å². The first-order chi connectivity index (χ1) is 12.0. The van der Waals surface area contributed by atoms with Crippen molar-refractivity contribution in [2.75, 3.05) is 10.6 Å². The Bertz CT molecular complexity index is 916. The third kappa shape index (κ3) is 3.92. The Labute approximate surface area is 145 Å². The molecule has 126 valence electrons. The van der Waals surface area contributed by atoms with Crippen LogP contribution in [0.1, 0.15) is 17.4 Å². The van der Waals surface area contributed by atoms with E-state index in [1.807, 2.05) is 30.3 Å². The molecule has 0 radical (unpaired) electrons. The summed E-state index contributed by atoms with van der Waals surface area (Å²) in [4.78, 5) is 23.7. The largest absolute Gasteiger partial charge is 0.326 e. The third-order valence-electron chi connectivity index (χ3n) is 3.62. The van der Waals surface area contributed by atoms with Crippen molar-refractivity contribution in [3.63, 3.8) is 0 Å². The van der Waals surface area contributed by atoms with Crippen LogP contribution in [0.4, 0.5) is 11.4 Å². The molecule has 3 rings (SSSR count). The van der Waals surface area contributed by atoms with Gasteiger partial charge in [-0.15, -0.1) is 0 Å². The molecule has 6 heteroatoms. The van der Waals surface area contributed by atoms with Crippen LogP contribution in [0, 0.1) is 0 Å². The quantitative estimate of drug-likeness (QED) is 0.768. The number of hydrogen-bond donors (Lipinski definition) is 2. The van der Waals surface area contributed by atoms with Crippen LogP contribution in [-0.2, 0) is 11.8 Å². The predicted octanol–water partition coefficient (Wildman–Crippen LogP) is 3.30. The van der Waals surface area contributed by atoms with Crippen LogP contribution in [0.2, 0.25) is 0 Å². The zero-order valence-corrected chi connectivity index (χ0v) is 14.0. The highest BCUT2D eigenvalue weighted by Gasteiger charge is 2.14. The summed E-state index contributed by atoms with van der Waals surface area (Å²) in [6.45, 7) is 1.44. The van der Waals surface area contributed by atoms with E-state index in [1.54, 1.807) is 42.1 Å². The number of carbonyl (C=O) groups is 2. The Morgan fingerprint density at radius 1 is 0.920 bits per heavy atom. The Morgan fingerprint density at radius 3 is 2.28 bits per heavy atom. The minimum absolute atomic E-state index is 0.164. The van der Waals surface area contributed by atoms with Gasteiger partial charge in [0.2, 0.25) is 5.91 Å². The van der Waals surface area contributed by atoms with Crippen LogP contribution >= 0.6 is 0 Å². The highest BCUT2D eigenvalue weighted by Crippen LogP contribution is 2.20. The van der Waals surface area contributed by atoms with Crippen LogP contribution in [0.5, 0.6) is 0 Å². The number of amides is 2. The number of nitrogens with one attached hydrogen (secondary N) is 2. The molecule has 0 saturated carbocycles. The van der Waals surface area contributed by atoms with Gasteiger partial charge in [-0.1, -0.05) is 36.4 Å². The lowest BCUT2D eigenvalue weighted by atomic mass is 10.1. The van der Waals surface area contributed by atoms with Crippen molar-refractivity contribution in [3.05, 3.63) is 66.4 Å². The van der Waals surface area contributed by atoms with Crippen LogP contribution in [0.25, 0.3) is 11.3 Å². The molecule has 2 N–H and O–H groups in total. The second-order valence-electron chi connectivity index (χ2n) is 5.62. The first-order valence-corrected chi connectivity index (χ1v) is 7.81. The monoisotopic (exact) mass is 334 g/mol. The predicted molar refractivity (Wildman–Crippen MR) is 97.3 cm³/mol. The van der Waals surface area contributed by atoms with Crippen molar-refractivity contribution in [1.82, 2.24) is 9.78 Å². The number of rotatable bonds is 4. The lowest BCUT2D eigenvalue weighted by Gasteiger charge is -2.07. The van der Waals surface area contributed by atoms with Gasteiger partial charge >= 0.3 is 0 Å². The minimum atomic E-state index is -0.267. The van der Waals surface area contributed by atoms with Crippen molar-refractivity contribution >= 4 is 23.2 Å². The number of aromatic nitrogens is 2. The maximum atomic E-state index is 12.6. The topological polar surface area (TPSA) is 76.0 Å². The van der Waals surface area contributed by atoms with Gasteiger partial charge in [-0.05, 0) is 24.3 Å².